The molecule has 0 amide bonds. The van der Waals surface area contributed by atoms with Crippen LogP contribution >= 0.6 is 0 Å². The molecule has 2 rings (SSSR count). The molecule has 1 unspecified atom stereocenters. The second-order valence-electron chi connectivity index (χ2n) is 5.45. The van der Waals surface area contributed by atoms with Crippen molar-refractivity contribution in [2.24, 2.45) is 5.73 Å². The Bertz CT molecular complexity index is 412. The van der Waals surface area contributed by atoms with Crippen molar-refractivity contribution < 1.29 is 9.13 Å². The number of benzene rings is 1. The first-order valence-corrected chi connectivity index (χ1v) is 7.77. The SMILES string of the molecule is CCN1CCOC(CN(CCCN)c2ccc(F)cc2)C1. The standard InChI is InChI=1S/C16H26FN3O/c1-2-19-10-11-21-16(12-19)13-20(9-3-8-18)15-6-4-14(17)5-7-15/h4-7,16H,2-3,8-13,18H2,1H3. The Morgan fingerprint density at radius 2 is 2.14 bits per heavy atom. The molecule has 21 heavy (non-hydrogen) atoms. The molecule has 0 spiro atoms. The maximum absolute atomic E-state index is 13.1. The number of nitrogens with zero attached hydrogens (tertiary/aromatic N) is 2. The van der Waals surface area contributed by atoms with E-state index < -0.39 is 0 Å². The van der Waals surface area contributed by atoms with Crippen molar-refractivity contribution in [3.8, 4) is 0 Å². The predicted molar refractivity (Wildman–Crippen MR) is 84.1 cm³/mol. The molecule has 0 saturated carbocycles. The number of rotatable bonds is 7. The number of likely N-dealkylation sites (N-methyl/N-ethyl adjacent to an activating group) is 1. The highest BCUT2D eigenvalue weighted by molar-refractivity contribution is 5.46. The van der Waals surface area contributed by atoms with Crippen molar-refractivity contribution in [2.45, 2.75) is 19.4 Å². The molecule has 1 atom stereocenters. The average Bonchev–Trinajstić information content (AvgIpc) is 2.52. The highest BCUT2D eigenvalue weighted by atomic mass is 19.1. The number of morpholine rings is 1. The molecule has 5 heteroatoms. The van der Waals surface area contributed by atoms with E-state index in [-0.39, 0.29) is 11.9 Å². The number of hydrogen-bond acceptors (Lipinski definition) is 4. The Morgan fingerprint density at radius 3 is 2.81 bits per heavy atom. The van der Waals surface area contributed by atoms with Gasteiger partial charge >= 0.3 is 0 Å². The van der Waals surface area contributed by atoms with Crippen molar-refractivity contribution >= 4 is 5.69 Å². The maximum atomic E-state index is 13.1. The summed E-state index contributed by atoms with van der Waals surface area (Å²) in [4.78, 5) is 4.65. The maximum Gasteiger partial charge on any atom is 0.123 e. The summed E-state index contributed by atoms with van der Waals surface area (Å²) in [5.74, 6) is -0.205. The van der Waals surface area contributed by atoms with E-state index >= 15 is 0 Å². The normalized spacial score (nSPS) is 19.7. The van der Waals surface area contributed by atoms with Gasteiger partial charge in [-0.25, -0.2) is 4.39 Å². The third kappa shape index (κ3) is 4.95. The van der Waals surface area contributed by atoms with Crippen molar-refractivity contribution in [3.05, 3.63) is 30.1 Å². The third-order valence-corrected chi connectivity index (χ3v) is 3.92. The predicted octanol–water partition coefficient (Wildman–Crippen LogP) is 1.70. The van der Waals surface area contributed by atoms with E-state index in [1.54, 1.807) is 0 Å². The molecule has 0 bridgehead atoms. The minimum atomic E-state index is -0.205. The van der Waals surface area contributed by atoms with Gasteiger partial charge in [0.25, 0.3) is 0 Å². The van der Waals surface area contributed by atoms with Crippen LogP contribution in [0.1, 0.15) is 13.3 Å². The fourth-order valence-corrected chi connectivity index (χ4v) is 2.68. The van der Waals surface area contributed by atoms with Gasteiger partial charge in [0, 0.05) is 31.9 Å². The Labute approximate surface area is 126 Å². The molecular weight excluding hydrogens is 269 g/mol. The van der Waals surface area contributed by atoms with Crippen LogP contribution in [0.3, 0.4) is 0 Å². The highest BCUT2D eigenvalue weighted by Gasteiger charge is 2.22. The summed E-state index contributed by atoms with van der Waals surface area (Å²) in [6.45, 7) is 8.32. The summed E-state index contributed by atoms with van der Waals surface area (Å²) in [6.07, 6.45) is 1.11. The molecule has 118 valence electrons. The van der Waals surface area contributed by atoms with E-state index in [0.717, 1.165) is 51.4 Å². The molecule has 0 aromatic heterocycles. The summed E-state index contributed by atoms with van der Waals surface area (Å²) in [5.41, 5.74) is 6.66. The van der Waals surface area contributed by atoms with Crippen molar-refractivity contribution in [1.29, 1.82) is 0 Å². The molecule has 0 radical (unpaired) electrons. The molecule has 1 fully saturated rings. The summed E-state index contributed by atoms with van der Waals surface area (Å²) < 4.78 is 19.0. The topological polar surface area (TPSA) is 41.7 Å². The van der Waals surface area contributed by atoms with Gasteiger partial charge in [-0.05, 0) is 43.8 Å². The Kier molecular flexibility index (Phi) is 6.42. The molecule has 1 heterocycles. The Balaban J connectivity index is 2.00. The van der Waals surface area contributed by atoms with Crippen LogP contribution in [0, 0.1) is 5.82 Å². The number of ether oxygens (including phenoxy) is 1. The second-order valence-corrected chi connectivity index (χ2v) is 5.45. The van der Waals surface area contributed by atoms with Gasteiger partial charge in [0.15, 0.2) is 0 Å². The molecule has 1 aliphatic heterocycles. The van der Waals surface area contributed by atoms with E-state index in [2.05, 4.69) is 16.7 Å². The van der Waals surface area contributed by atoms with Gasteiger partial charge in [-0.1, -0.05) is 6.92 Å². The van der Waals surface area contributed by atoms with Crippen LogP contribution in [0.25, 0.3) is 0 Å². The van der Waals surface area contributed by atoms with Gasteiger partial charge in [-0.15, -0.1) is 0 Å². The first-order valence-electron chi connectivity index (χ1n) is 7.77. The van der Waals surface area contributed by atoms with Crippen LogP contribution in [-0.4, -0.2) is 56.9 Å². The van der Waals surface area contributed by atoms with E-state index in [0.29, 0.717) is 6.54 Å². The van der Waals surface area contributed by atoms with Gasteiger partial charge in [0.2, 0.25) is 0 Å². The molecule has 2 N–H and O–H groups in total. The lowest BCUT2D eigenvalue weighted by Crippen LogP contribution is -2.47. The number of nitrogens with two attached hydrogens (primary N) is 1. The summed E-state index contributed by atoms with van der Waals surface area (Å²) in [6, 6.07) is 6.66. The average molecular weight is 295 g/mol. The summed E-state index contributed by atoms with van der Waals surface area (Å²) in [5, 5.41) is 0. The monoisotopic (exact) mass is 295 g/mol. The smallest absolute Gasteiger partial charge is 0.123 e. The van der Waals surface area contributed by atoms with Crippen LogP contribution in [0.4, 0.5) is 10.1 Å². The van der Waals surface area contributed by atoms with E-state index in [4.69, 9.17) is 10.5 Å². The van der Waals surface area contributed by atoms with Crippen LogP contribution in [0.15, 0.2) is 24.3 Å². The molecule has 1 aliphatic rings. The quantitative estimate of drug-likeness (QED) is 0.831. The van der Waals surface area contributed by atoms with E-state index in [1.165, 1.54) is 12.1 Å². The lowest BCUT2D eigenvalue weighted by Gasteiger charge is -2.36. The summed E-state index contributed by atoms with van der Waals surface area (Å²) in [7, 11) is 0. The van der Waals surface area contributed by atoms with Crippen LogP contribution in [-0.2, 0) is 4.74 Å². The van der Waals surface area contributed by atoms with E-state index in [1.807, 2.05) is 12.1 Å². The zero-order chi connectivity index (χ0) is 15.1. The second kappa shape index (κ2) is 8.32. The van der Waals surface area contributed by atoms with Gasteiger partial charge in [0.05, 0.1) is 12.7 Å². The molecule has 1 aromatic rings. The zero-order valence-electron chi connectivity index (χ0n) is 12.8. The van der Waals surface area contributed by atoms with Crippen molar-refractivity contribution in [2.75, 3.05) is 50.8 Å². The Morgan fingerprint density at radius 1 is 1.38 bits per heavy atom. The number of anilines is 1. The van der Waals surface area contributed by atoms with Gasteiger partial charge in [-0.3, -0.25) is 4.90 Å². The minimum absolute atomic E-state index is 0.196. The molecule has 4 nitrogen and oxygen atoms in total. The highest BCUT2D eigenvalue weighted by Crippen LogP contribution is 2.17. The zero-order valence-corrected chi connectivity index (χ0v) is 12.8. The van der Waals surface area contributed by atoms with Gasteiger partial charge < -0.3 is 15.4 Å². The largest absolute Gasteiger partial charge is 0.374 e. The summed E-state index contributed by atoms with van der Waals surface area (Å²) >= 11 is 0. The first kappa shape index (κ1) is 16.2. The molecular formula is C16H26FN3O. The van der Waals surface area contributed by atoms with Gasteiger partial charge in [-0.2, -0.15) is 0 Å². The fourth-order valence-electron chi connectivity index (χ4n) is 2.68. The number of hydrogen-bond donors (Lipinski definition) is 1. The van der Waals surface area contributed by atoms with Crippen LogP contribution < -0.4 is 10.6 Å². The first-order chi connectivity index (χ1) is 10.2. The minimum Gasteiger partial charge on any atom is -0.374 e. The lowest BCUT2D eigenvalue weighted by molar-refractivity contribution is -0.0221. The molecule has 1 aromatic carbocycles. The van der Waals surface area contributed by atoms with Crippen molar-refractivity contribution in [1.82, 2.24) is 4.90 Å². The van der Waals surface area contributed by atoms with E-state index in [9.17, 15) is 4.39 Å². The third-order valence-electron chi connectivity index (χ3n) is 3.92. The molecule has 0 aliphatic carbocycles. The van der Waals surface area contributed by atoms with Gasteiger partial charge in [0.1, 0.15) is 5.82 Å². The number of halogens is 1. The Hall–Kier alpha value is -1.17. The van der Waals surface area contributed by atoms with Crippen LogP contribution in [0.2, 0.25) is 0 Å². The van der Waals surface area contributed by atoms with Crippen molar-refractivity contribution in [3.63, 3.8) is 0 Å². The van der Waals surface area contributed by atoms with Crippen LogP contribution in [0.5, 0.6) is 0 Å². The fraction of sp³-hybridized carbons (Fsp3) is 0.625. The molecule has 1 saturated heterocycles. The lowest BCUT2D eigenvalue weighted by atomic mass is 10.2.